The zero-order chi connectivity index (χ0) is 24.9. The number of ether oxygens (including phenoxy) is 3. The van der Waals surface area contributed by atoms with Crippen LogP contribution in [0.3, 0.4) is 0 Å². The van der Waals surface area contributed by atoms with E-state index >= 15 is 0 Å². The third-order valence-corrected chi connectivity index (χ3v) is 6.63. The van der Waals surface area contributed by atoms with Crippen molar-refractivity contribution in [2.45, 2.75) is 25.8 Å². The Labute approximate surface area is 199 Å². The van der Waals surface area contributed by atoms with E-state index in [4.69, 9.17) is 18.4 Å². The van der Waals surface area contributed by atoms with Gasteiger partial charge in [-0.05, 0) is 54.7 Å². The highest BCUT2D eigenvalue weighted by Crippen LogP contribution is 2.42. The average Bonchev–Trinajstić information content (AvgIpc) is 3.09. The quantitative estimate of drug-likeness (QED) is 0.442. The molecule has 1 amide bonds. The van der Waals surface area contributed by atoms with Crippen molar-refractivity contribution in [1.29, 1.82) is 0 Å². The minimum atomic E-state index is -3.64. The monoisotopic (exact) mass is 495 g/mol. The fourth-order valence-corrected chi connectivity index (χ4v) is 4.74. The molecule has 1 fully saturated rings. The zero-order valence-corrected chi connectivity index (χ0v) is 20.6. The van der Waals surface area contributed by atoms with Gasteiger partial charge in [0.2, 0.25) is 11.7 Å². The van der Waals surface area contributed by atoms with E-state index in [1.165, 1.54) is 33.5 Å². The highest BCUT2D eigenvalue weighted by atomic mass is 32.2. The highest BCUT2D eigenvalue weighted by Gasteiger charge is 2.46. The van der Waals surface area contributed by atoms with Gasteiger partial charge in [-0.3, -0.25) is 8.98 Å². The van der Waals surface area contributed by atoms with Gasteiger partial charge in [-0.2, -0.15) is 8.42 Å². The van der Waals surface area contributed by atoms with E-state index in [2.05, 4.69) is 0 Å². The Kier molecular flexibility index (Phi) is 8.04. The van der Waals surface area contributed by atoms with Crippen LogP contribution in [-0.4, -0.2) is 60.0 Å². The number of halogens is 1. The summed E-state index contributed by atoms with van der Waals surface area (Å²) in [6.45, 7) is 0.688. The van der Waals surface area contributed by atoms with E-state index in [9.17, 15) is 17.6 Å². The van der Waals surface area contributed by atoms with Crippen LogP contribution in [0.2, 0.25) is 0 Å². The third-order valence-electron chi connectivity index (χ3n) is 6.03. The maximum absolute atomic E-state index is 13.7. The fourth-order valence-electron chi connectivity index (χ4n) is 4.36. The van der Waals surface area contributed by atoms with Crippen molar-refractivity contribution in [1.82, 2.24) is 4.90 Å². The first-order chi connectivity index (χ1) is 16.1. The summed E-state index contributed by atoms with van der Waals surface area (Å²) in [6, 6.07) is 9.57. The van der Waals surface area contributed by atoms with Gasteiger partial charge in [0.15, 0.2) is 11.5 Å². The molecule has 0 aliphatic carbocycles. The lowest BCUT2D eigenvalue weighted by atomic mass is 9.77. The van der Waals surface area contributed by atoms with Crippen LogP contribution in [0, 0.1) is 11.2 Å². The van der Waals surface area contributed by atoms with Crippen LogP contribution < -0.4 is 14.2 Å². The Bertz CT molecular complexity index is 1100. The number of benzene rings is 2. The summed E-state index contributed by atoms with van der Waals surface area (Å²) in [5.41, 5.74) is 0.736. The van der Waals surface area contributed by atoms with Gasteiger partial charge in [0, 0.05) is 13.1 Å². The molecule has 0 N–H and O–H groups in total. The Morgan fingerprint density at radius 1 is 1.00 bits per heavy atom. The molecule has 2 aromatic carbocycles. The molecule has 1 aliphatic heterocycles. The number of carbonyl (C=O) groups excluding carboxylic acids is 1. The van der Waals surface area contributed by atoms with Crippen molar-refractivity contribution in [3.05, 3.63) is 53.3 Å². The van der Waals surface area contributed by atoms with Crippen molar-refractivity contribution < 1.29 is 36.0 Å². The molecule has 0 radical (unpaired) electrons. The van der Waals surface area contributed by atoms with E-state index in [0.717, 1.165) is 17.4 Å². The summed E-state index contributed by atoms with van der Waals surface area (Å²) >= 11 is 0. The smallest absolute Gasteiger partial charge is 0.264 e. The zero-order valence-electron chi connectivity index (χ0n) is 19.8. The van der Waals surface area contributed by atoms with Crippen LogP contribution in [0.4, 0.5) is 4.39 Å². The molecule has 10 heteroatoms. The summed E-state index contributed by atoms with van der Waals surface area (Å²) in [5, 5.41) is 0. The van der Waals surface area contributed by atoms with Gasteiger partial charge >= 0.3 is 0 Å². The average molecular weight is 496 g/mol. The Morgan fingerprint density at radius 2 is 1.62 bits per heavy atom. The molecule has 1 aliphatic rings. The topological polar surface area (TPSA) is 91.4 Å². The van der Waals surface area contributed by atoms with Crippen LogP contribution >= 0.6 is 0 Å². The Hall–Kier alpha value is -2.85. The lowest BCUT2D eigenvalue weighted by Crippen LogP contribution is -2.37. The van der Waals surface area contributed by atoms with Gasteiger partial charge < -0.3 is 19.1 Å². The van der Waals surface area contributed by atoms with Crippen molar-refractivity contribution in [2.24, 2.45) is 5.41 Å². The number of amides is 1. The highest BCUT2D eigenvalue weighted by molar-refractivity contribution is 7.85. The molecule has 8 nitrogen and oxygen atoms in total. The molecule has 0 saturated carbocycles. The van der Waals surface area contributed by atoms with Gasteiger partial charge in [-0.15, -0.1) is 0 Å². The Morgan fingerprint density at radius 3 is 2.15 bits per heavy atom. The largest absolute Gasteiger partial charge is 0.493 e. The van der Waals surface area contributed by atoms with Crippen LogP contribution in [0.15, 0.2) is 36.4 Å². The molecule has 34 heavy (non-hydrogen) atoms. The number of rotatable bonds is 11. The molecule has 1 heterocycles. The predicted molar refractivity (Wildman–Crippen MR) is 124 cm³/mol. The fraction of sp³-hybridized carbons (Fsp3) is 0.458. The molecular formula is C24H30FNO7S. The second-order valence-corrected chi connectivity index (χ2v) is 10.0. The first-order valence-electron chi connectivity index (χ1n) is 10.8. The summed E-state index contributed by atoms with van der Waals surface area (Å²) in [5.74, 6) is 0.970. The lowest BCUT2D eigenvalue weighted by Gasteiger charge is -2.28. The normalized spacial score (nSPS) is 18.3. The van der Waals surface area contributed by atoms with Gasteiger partial charge in [0.1, 0.15) is 5.82 Å². The second-order valence-electron chi connectivity index (χ2n) is 8.37. The van der Waals surface area contributed by atoms with Crippen molar-refractivity contribution in [2.75, 3.05) is 40.7 Å². The van der Waals surface area contributed by atoms with Crippen LogP contribution in [0.1, 0.15) is 24.0 Å². The number of hydrogen-bond donors (Lipinski definition) is 0. The second kappa shape index (κ2) is 10.6. The maximum Gasteiger partial charge on any atom is 0.264 e. The molecule has 1 saturated heterocycles. The lowest BCUT2D eigenvalue weighted by molar-refractivity contribution is -0.137. The van der Waals surface area contributed by atoms with Gasteiger partial charge in [0.25, 0.3) is 10.1 Å². The van der Waals surface area contributed by atoms with E-state index in [1.54, 1.807) is 29.2 Å². The minimum absolute atomic E-state index is 0.107. The summed E-state index contributed by atoms with van der Waals surface area (Å²) in [7, 11) is 0.934. The van der Waals surface area contributed by atoms with Crippen molar-refractivity contribution >= 4 is 16.0 Å². The van der Waals surface area contributed by atoms with Crippen molar-refractivity contribution in [3.63, 3.8) is 0 Å². The van der Waals surface area contributed by atoms with Crippen LogP contribution in [0.5, 0.6) is 17.2 Å². The molecule has 1 atom stereocenters. The molecule has 0 bridgehead atoms. The third kappa shape index (κ3) is 5.98. The number of methoxy groups -OCH3 is 3. The van der Waals surface area contributed by atoms with Crippen LogP contribution in [0.25, 0.3) is 0 Å². The van der Waals surface area contributed by atoms with E-state index in [-0.39, 0.29) is 24.8 Å². The SMILES string of the molecule is COc1cc(CN2CCC(CCOS(C)(=O)=O)(Cc3ccc(F)cc3)C2=O)cc(OC)c1OC. The molecule has 0 spiro atoms. The number of nitrogens with zero attached hydrogens (tertiary/aromatic N) is 1. The predicted octanol–water partition coefficient (Wildman–Crippen LogP) is 3.18. The molecular weight excluding hydrogens is 465 g/mol. The van der Waals surface area contributed by atoms with Gasteiger partial charge in [-0.1, -0.05) is 12.1 Å². The number of carbonyl (C=O) groups is 1. The molecule has 2 aromatic rings. The number of likely N-dealkylation sites (tertiary alicyclic amines) is 1. The van der Waals surface area contributed by atoms with Crippen LogP contribution in [-0.2, 0) is 32.1 Å². The molecule has 3 rings (SSSR count). The van der Waals surface area contributed by atoms with E-state index in [1.807, 2.05) is 0 Å². The standard InChI is InChI=1S/C24H30FNO7S/c1-30-20-13-18(14-21(31-2)22(20)32-3)16-26-11-9-24(23(26)27,10-12-33-34(4,28)29)15-17-5-7-19(25)8-6-17/h5-8,13-14H,9-12,15-16H2,1-4H3. The van der Waals surface area contributed by atoms with E-state index < -0.39 is 15.5 Å². The number of hydrogen-bond acceptors (Lipinski definition) is 7. The first-order valence-corrected chi connectivity index (χ1v) is 12.6. The minimum Gasteiger partial charge on any atom is -0.493 e. The van der Waals surface area contributed by atoms with Crippen molar-refractivity contribution in [3.8, 4) is 17.2 Å². The Balaban J connectivity index is 1.85. The summed E-state index contributed by atoms with van der Waals surface area (Å²) in [6.07, 6.45) is 2.07. The van der Waals surface area contributed by atoms with Gasteiger partial charge in [0.05, 0.1) is 39.6 Å². The van der Waals surface area contributed by atoms with E-state index in [0.29, 0.717) is 43.2 Å². The molecule has 0 aromatic heterocycles. The maximum atomic E-state index is 13.7. The summed E-state index contributed by atoms with van der Waals surface area (Å²) < 4.78 is 57.5. The molecule has 186 valence electrons. The summed E-state index contributed by atoms with van der Waals surface area (Å²) in [4.78, 5) is 15.4. The van der Waals surface area contributed by atoms with Gasteiger partial charge in [-0.25, -0.2) is 4.39 Å². The first kappa shape index (κ1) is 25.8. The molecule has 1 unspecified atom stereocenters.